The second-order valence-corrected chi connectivity index (χ2v) is 10.0. The Morgan fingerprint density at radius 2 is 1.97 bits per heavy atom. The fourth-order valence-electron chi connectivity index (χ4n) is 4.08. The van der Waals surface area contributed by atoms with Gasteiger partial charge in [-0.15, -0.1) is 0 Å². The molecule has 1 N–H and O–H groups in total. The molecule has 0 radical (unpaired) electrons. The van der Waals surface area contributed by atoms with E-state index in [0.29, 0.717) is 0 Å². The van der Waals surface area contributed by atoms with E-state index in [0.717, 1.165) is 35.8 Å². The molecule has 0 spiro atoms. The third kappa shape index (κ3) is 6.15. The number of rotatable bonds is 7. The van der Waals surface area contributed by atoms with E-state index in [-0.39, 0.29) is 24.7 Å². The summed E-state index contributed by atoms with van der Waals surface area (Å²) in [7, 11) is 2.13. The van der Waals surface area contributed by atoms with Gasteiger partial charge in [0.05, 0.1) is 11.5 Å². The molecule has 2 heterocycles. The van der Waals surface area contributed by atoms with Gasteiger partial charge in [-0.2, -0.15) is 0 Å². The van der Waals surface area contributed by atoms with Crippen molar-refractivity contribution in [3.8, 4) is 16.9 Å². The molecule has 0 unspecified atom stereocenters. The molecule has 0 amide bonds. The van der Waals surface area contributed by atoms with Crippen molar-refractivity contribution in [2.75, 3.05) is 26.7 Å². The first-order chi connectivity index (χ1) is 16.0. The average molecular weight is 464 g/mol. The largest absolute Gasteiger partial charge is 0.488 e. The van der Waals surface area contributed by atoms with Crippen LogP contribution in [0.5, 0.6) is 5.75 Å². The molecule has 2 aromatic carbocycles. The van der Waals surface area contributed by atoms with E-state index in [1.54, 1.807) is 18.1 Å². The number of nitrogens with zero attached hydrogens (tertiary/aromatic N) is 3. The van der Waals surface area contributed by atoms with Gasteiger partial charge in [0.2, 0.25) is 0 Å². The second kappa shape index (κ2) is 11.2. The summed E-state index contributed by atoms with van der Waals surface area (Å²) in [6, 6.07) is 21.0. The smallest absolute Gasteiger partial charge is 0.135 e. The van der Waals surface area contributed by atoms with Crippen LogP contribution in [0.25, 0.3) is 11.1 Å². The lowest BCUT2D eigenvalue weighted by Gasteiger charge is -2.37. The Kier molecular flexibility index (Phi) is 8.04. The molecule has 6 heteroatoms. The molecular weight excluding hydrogens is 430 g/mol. The van der Waals surface area contributed by atoms with Crippen molar-refractivity contribution in [3.05, 3.63) is 78.6 Å². The van der Waals surface area contributed by atoms with Gasteiger partial charge in [-0.05, 0) is 60.8 Å². The summed E-state index contributed by atoms with van der Waals surface area (Å²) in [5.74, 6) is 1.19. The van der Waals surface area contributed by atoms with E-state index in [1.807, 2.05) is 18.3 Å². The zero-order chi connectivity index (χ0) is 23.2. The molecule has 0 saturated heterocycles. The van der Waals surface area contributed by atoms with Crippen LogP contribution < -0.4 is 4.74 Å². The van der Waals surface area contributed by atoms with E-state index in [2.05, 4.69) is 83.6 Å². The van der Waals surface area contributed by atoms with Crippen molar-refractivity contribution in [1.29, 1.82) is 0 Å². The summed E-state index contributed by atoms with van der Waals surface area (Å²) in [4.78, 5) is 7.63. The molecule has 5 nitrogen and oxygen atoms in total. The highest BCUT2D eigenvalue weighted by Gasteiger charge is 2.30. The van der Waals surface area contributed by atoms with Crippen molar-refractivity contribution >= 4 is 11.9 Å². The van der Waals surface area contributed by atoms with Gasteiger partial charge in [0.25, 0.3) is 0 Å². The van der Waals surface area contributed by atoms with Gasteiger partial charge < -0.3 is 9.84 Å². The standard InChI is InChI=1S/C27H33N3O2S/c1-20-16-30(21(2)19-31)33-27-12-11-24(23-9-5-4-6-10-23)14-25(27)32-26(20)18-29(3)17-22-8-7-13-28-15-22/h4-15,20-21,26,31H,16-19H2,1-3H3/t20-,21+,26+/m1/s1. The molecule has 1 aromatic heterocycles. The van der Waals surface area contributed by atoms with E-state index in [1.165, 1.54) is 11.1 Å². The molecule has 0 fully saturated rings. The zero-order valence-electron chi connectivity index (χ0n) is 19.6. The minimum absolute atomic E-state index is 0.0192. The molecule has 1 aliphatic heterocycles. The Labute approximate surface area is 201 Å². The summed E-state index contributed by atoms with van der Waals surface area (Å²) < 4.78 is 9.01. The Morgan fingerprint density at radius 1 is 1.15 bits per heavy atom. The van der Waals surface area contributed by atoms with E-state index >= 15 is 0 Å². The first kappa shape index (κ1) is 23.8. The predicted octanol–water partition coefficient (Wildman–Crippen LogP) is 4.97. The molecule has 174 valence electrons. The number of hydrogen-bond donors (Lipinski definition) is 1. The molecule has 1 aliphatic rings. The fourth-order valence-corrected chi connectivity index (χ4v) is 5.22. The Morgan fingerprint density at radius 3 is 2.70 bits per heavy atom. The van der Waals surface area contributed by atoms with Gasteiger partial charge >= 0.3 is 0 Å². The molecule has 0 saturated carbocycles. The second-order valence-electron chi connectivity index (χ2n) is 8.94. The van der Waals surface area contributed by atoms with Gasteiger partial charge in [-0.1, -0.05) is 49.4 Å². The molecule has 4 rings (SSSR count). The lowest BCUT2D eigenvalue weighted by Crippen LogP contribution is -2.44. The molecule has 0 aliphatic carbocycles. The predicted molar refractivity (Wildman–Crippen MR) is 135 cm³/mol. The van der Waals surface area contributed by atoms with Crippen molar-refractivity contribution < 1.29 is 9.84 Å². The highest BCUT2D eigenvalue weighted by molar-refractivity contribution is 7.97. The number of likely N-dealkylation sites (N-methyl/N-ethyl adjacent to an activating group) is 1. The van der Waals surface area contributed by atoms with Crippen LogP contribution in [0.3, 0.4) is 0 Å². The van der Waals surface area contributed by atoms with Crippen LogP contribution in [-0.4, -0.2) is 58.2 Å². The highest BCUT2D eigenvalue weighted by atomic mass is 32.2. The highest BCUT2D eigenvalue weighted by Crippen LogP contribution is 2.39. The average Bonchev–Trinajstić information content (AvgIpc) is 2.83. The molecule has 3 aromatic rings. The molecule has 0 bridgehead atoms. The maximum atomic E-state index is 9.85. The van der Waals surface area contributed by atoms with Crippen molar-refractivity contribution in [1.82, 2.24) is 14.2 Å². The number of fused-ring (bicyclic) bond motifs is 1. The number of aliphatic hydroxyl groups excluding tert-OH is 1. The number of benzene rings is 2. The van der Waals surface area contributed by atoms with Crippen molar-refractivity contribution in [2.24, 2.45) is 5.92 Å². The van der Waals surface area contributed by atoms with Gasteiger partial charge in [0.1, 0.15) is 11.9 Å². The lowest BCUT2D eigenvalue weighted by atomic mass is 10.0. The van der Waals surface area contributed by atoms with Gasteiger partial charge in [0, 0.05) is 44.0 Å². The summed E-state index contributed by atoms with van der Waals surface area (Å²) in [5, 5.41) is 9.85. The van der Waals surface area contributed by atoms with Crippen LogP contribution in [0.15, 0.2) is 78.0 Å². The Bertz CT molecular complexity index is 1020. The van der Waals surface area contributed by atoms with Crippen molar-refractivity contribution in [2.45, 2.75) is 37.4 Å². The molecular formula is C27H33N3O2S. The number of aromatic nitrogens is 1. The van der Waals surface area contributed by atoms with Crippen LogP contribution in [0.2, 0.25) is 0 Å². The van der Waals surface area contributed by atoms with E-state index < -0.39 is 0 Å². The van der Waals surface area contributed by atoms with E-state index in [9.17, 15) is 5.11 Å². The number of hydrogen-bond acceptors (Lipinski definition) is 6. The van der Waals surface area contributed by atoms with Crippen LogP contribution in [-0.2, 0) is 6.54 Å². The van der Waals surface area contributed by atoms with Gasteiger partial charge in [0.15, 0.2) is 0 Å². The van der Waals surface area contributed by atoms with Crippen LogP contribution >= 0.6 is 11.9 Å². The SMILES string of the molecule is C[C@@H]1CN([C@@H](C)CO)Sc2ccc(-c3ccccc3)cc2O[C@H]1CN(C)Cc1cccnc1. The maximum absolute atomic E-state index is 9.85. The Hall–Kier alpha value is -2.38. The summed E-state index contributed by atoms with van der Waals surface area (Å²) in [6.07, 6.45) is 3.74. The monoisotopic (exact) mass is 463 g/mol. The third-order valence-electron chi connectivity index (χ3n) is 6.07. The third-order valence-corrected chi connectivity index (χ3v) is 7.35. The first-order valence-electron chi connectivity index (χ1n) is 11.5. The van der Waals surface area contributed by atoms with E-state index in [4.69, 9.17) is 4.74 Å². The summed E-state index contributed by atoms with van der Waals surface area (Å²) >= 11 is 1.68. The zero-order valence-corrected chi connectivity index (χ0v) is 20.4. The van der Waals surface area contributed by atoms with Crippen LogP contribution in [0, 0.1) is 5.92 Å². The number of pyridine rings is 1. The number of aliphatic hydroxyl groups is 1. The quantitative estimate of drug-likeness (QED) is 0.500. The Balaban J connectivity index is 1.61. The van der Waals surface area contributed by atoms with Gasteiger partial charge in [-0.25, -0.2) is 4.31 Å². The van der Waals surface area contributed by atoms with Crippen LogP contribution in [0.1, 0.15) is 19.4 Å². The minimum Gasteiger partial charge on any atom is -0.488 e. The summed E-state index contributed by atoms with van der Waals surface area (Å²) in [6.45, 7) is 6.91. The van der Waals surface area contributed by atoms with Crippen molar-refractivity contribution in [3.63, 3.8) is 0 Å². The van der Waals surface area contributed by atoms with Gasteiger partial charge in [-0.3, -0.25) is 9.88 Å². The molecule has 3 atom stereocenters. The minimum atomic E-state index is 0.0192. The fraction of sp³-hybridized carbons (Fsp3) is 0.370. The normalized spacial score (nSPS) is 19.9. The first-order valence-corrected chi connectivity index (χ1v) is 12.3. The number of ether oxygens (including phenoxy) is 1. The molecule has 33 heavy (non-hydrogen) atoms. The lowest BCUT2D eigenvalue weighted by molar-refractivity contribution is 0.0769. The maximum Gasteiger partial charge on any atom is 0.135 e. The van der Waals surface area contributed by atoms with Crippen LogP contribution in [0.4, 0.5) is 0 Å². The topological polar surface area (TPSA) is 48.8 Å². The summed E-state index contributed by atoms with van der Waals surface area (Å²) in [5.41, 5.74) is 3.51.